The van der Waals surface area contributed by atoms with Gasteiger partial charge in [0.05, 0.1) is 16.0 Å². The van der Waals surface area contributed by atoms with Crippen LogP contribution < -0.4 is 4.72 Å². The van der Waals surface area contributed by atoms with E-state index in [1.54, 1.807) is 0 Å². The zero-order valence-electron chi connectivity index (χ0n) is 12.7. The minimum atomic E-state index is -3.84. The highest BCUT2D eigenvalue weighted by molar-refractivity contribution is 7.89. The fraction of sp³-hybridized carbons (Fsp3) is 0.125. The number of hydrogen-bond donors (Lipinski definition) is 1. The highest BCUT2D eigenvalue weighted by atomic mass is 35.5. The van der Waals surface area contributed by atoms with Crippen molar-refractivity contribution >= 4 is 33.4 Å². The van der Waals surface area contributed by atoms with Crippen molar-refractivity contribution in [3.63, 3.8) is 0 Å². The standard InChI is InChI=1S/C16H12ClFN2O4S/c17-10-3-1-4-11(9-10)25(23,24)19-7-8-20-15(21)12-5-2-6-13(18)14(12)16(20)22/h1-6,9,19H,7-8H2. The molecule has 0 saturated heterocycles. The lowest BCUT2D eigenvalue weighted by molar-refractivity contribution is 0.0656. The molecule has 9 heteroatoms. The zero-order chi connectivity index (χ0) is 18.2. The maximum absolute atomic E-state index is 13.7. The number of benzene rings is 2. The summed E-state index contributed by atoms with van der Waals surface area (Å²) in [7, 11) is -3.84. The third kappa shape index (κ3) is 3.28. The van der Waals surface area contributed by atoms with E-state index in [2.05, 4.69) is 4.72 Å². The number of amides is 2. The molecule has 1 heterocycles. The quantitative estimate of drug-likeness (QED) is 0.802. The van der Waals surface area contributed by atoms with Gasteiger partial charge in [0.1, 0.15) is 5.82 Å². The summed E-state index contributed by atoms with van der Waals surface area (Å²) in [4.78, 5) is 25.1. The Bertz CT molecular complexity index is 978. The van der Waals surface area contributed by atoms with Gasteiger partial charge in [-0.1, -0.05) is 23.7 Å². The summed E-state index contributed by atoms with van der Waals surface area (Å²) < 4.78 is 40.4. The smallest absolute Gasteiger partial charge is 0.264 e. The minimum Gasteiger partial charge on any atom is -0.273 e. The number of imide groups is 1. The molecule has 0 fully saturated rings. The van der Waals surface area contributed by atoms with Crippen molar-refractivity contribution in [2.75, 3.05) is 13.1 Å². The number of carbonyl (C=O) groups is 2. The first kappa shape index (κ1) is 17.5. The van der Waals surface area contributed by atoms with Crippen molar-refractivity contribution in [3.05, 3.63) is 64.4 Å². The van der Waals surface area contributed by atoms with Crippen molar-refractivity contribution in [2.45, 2.75) is 4.90 Å². The number of rotatable bonds is 5. The molecule has 0 unspecified atom stereocenters. The third-order valence-electron chi connectivity index (χ3n) is 3.68. The van der Waals surface area contributed by atoms with Crippen LogP contribution in [-0.2, 0) is 10.0 Å². The van der Waals surface area contributed by atoms with Gasteiger partial charge in [-0.15, -0.1) is 0 Å². The predicted molar refractivity (Wildman–Crippen MR) is 88.4 cm³/mol. The van der Waals surface area contributed by atoms with Crippen LogP contribution in [0.15, 0.2) is 47.4 Å². The Labute approximate surface area is 148 Å². The molecule has 0 atom stereocenters. The molecule has 0 radical (unpaired) electrons. The molecule has 1 aliphatic rings. The number of carbonyl (C=O) groups excluding carboxylic acids is 2. The van der Waals surface area contributed by atoms with Crippen LogP contribution in [0.3, 0.4) is 0 Å². The Morgan fingerprint density at radius 3 is 2.48 bits per heavy atom. The van der Waals surface area contributed by atoms with Crippen LogP contribution in [-0.4, -0.2) is 38.2 Å². The van der Waals surface area contributed by atoms with Gasteiger partial charge >= 0.3 is 0 Å². The van der Waals surface area contributed by atoms with E-state index < -0.39 is 27.7 Å². The molecule has 6 nitrogen and oxygen atoms in total. The van der Waals surface area contributed by atoms with Crippen molar-refractivity contribution < 1.29 is 22.4 Å². The molecule has 0 aromatic heterocycles. The average Bonchev–Trinajstić information content (AvgIpc) is 2.81. The third-order valence-corrected chi connectivity index (χ3v) is 5.38. The Morgan fingerprint density at radius 1 is 1.08 bits per heavy atom. The van der Waals surface area contributed by atoms with Gasteiger partial charge in [0.2, 0.25) is 10.0 Å². The fourth-order valence-corrected chi connectivity index (χ4v) is 3.83. The van der Waals surface area contributed by atoms with Crippen LogP contribution >= 0.6 is 11.6 Å². The predicted octanol–water partition coefficient (Wildman–Crippen LogP) is 2.05. The first-order valence-corrected chi connectivity index (χ1v) is 9.07. The molecule has 1 N–H and O–H groups in total. The molecule has 2 amide bonds. The Morgan fingerprint density at radius 2 is 1.80 bits per heavy atom. The SMILES string of the molecule is O=C1c2cccc(F)c2C(=O)N1CCNS(=O)(=O)c1cccc(Cl)c1. The lowest BCUT2D eigenvalue weighted by Gasteiger charge is -2.14. The number of nitrogens with one attached hydrogen (secondary N) is 1. The highest BCUT2D eigenvalue weighted by Gasteiger charge is 2.37. The summed E-state index contributed by atoms with van der Waals surface area (Å²) in [5.41, 5.74) is -0.312. The average molecular weight is 383 g/mol. The fourth-order valence-electron chi connectivity index (χ4n) is 2.50. The van der Waals surface area contributed by atoms with Crippen molar-refractivity contribution in [2.24, 2.45) is 0 Å². The number of sulfonamides is 1. The molecule has 3 rings (SSSR count). The van der Waals surface area contributed by atoms with Crippen molar-refractivity contribution in [1.29, 1.82) is 0 Å². The zero-order valence-corrected chi connectivity index (χ0v) is 14.3. The molecule has 0 bridgehead atoms. The van der Waals surface area contributed by atoms with Gasteiger partial charge < -0.3 is 0 Å². The molecular formula is C16H12ClFN2O4S. The van der Waals surface area contributed by atoms with E-state index in [1.807, 2.05) is 0 Å². The Hall–Kier alpha value is -2.29. The van der Waals surface area contributed by atoms with Gasteiger partial charge in [0, 0.05) is 18.1 Å². The van der Waals surface area contributed by atoms with Crippen LogP contribution in [0.5, 0.6) is 0 Å². The maximum atomic E-state index is 13.7. The van der Waals surface area contributed by atoms with E-state index in [9.17, 15) is 22.4 Å². The molecule has 2 aromatic carbocycles. The van der Waals surface area contributed by atoms with E-state index in [0.29, 0.717) is 0 Å². The first-order chi connectivity index (χ1) is 11.8. The second kappa shape index (κ2) is 6.55. The number of nitrogens with zero attached hydrogens (tertiary/aromatic N) is 1. The second-order valence-electron chi connectivity index (χ2n) is 5.28. The molecule has 0 aliphatic carbocycles. The first-order valence-electron chi connectivity index (χ1n) is 7.21. The van der Waals surface area contributed by atoms with Crippen LogP contribution in [0.4, 0.5) is 4.39 Å². The molecule has 0 saturated carbocycles. The molecule has 1 aliphatic heterocycles. The largest absolute Gasteiger partial charge is 0.273 e. The van der Waals surface area contributed by atoms with E-state index in [1.165, 1.54) is 36.4 Å². The molecule has 0 spiro atoms. The van der Waals surface area contributed by atoms with E-state index in [4.69, 9.17) is 11.6 Å². The summed E-state index contributed by atoms with van der Waals surface area (Å²) >= 11 is 5.77. The maximum Gasteiger partial charge on any atom is 0.264 e. The number of hydrogen-bond acceptors (Lipinski definition) is 4. The van der Waals surface area contributed by atoms with Gasteiger partial charge in [-0.25, -0.2) is 17.5 Å². The van der Waals surface area contributed by atoms with Crippen LogP contribution in [0, 0.1) is 5.82 Å². The Kier molecular flexibility index (Phi) is 4.59. The normalized spacial score (nSPS) is 14.1. The van der Waals surface area contributed by atoms with Gasteiger partial charge in [0.25, 0.3) is 11.8 Å². The van der Waals surface area contributed by atoms with Crippen LogP contribution in [0.1, 0.15) is 20.7 Å². The molecule has 25 heavy (non-hydrogen) atoms. The van der Waals surface area contributed by atoms with E-state index in [-0.39, 0.29) is 34.1 Å². The summed E-state index contributed by atoms with van der Waals surface area (Å²) in [6, 6.07) is 9.46. The monoisotopic (exact) mass is 382 g/mol. The van der Waals surface area contributed by atoms with Gasteiger partial charge in [-0.2, -0.15) is 0 Å². The van der Waals surface area contributed by atoms with E-state index in [0.717, 1.165) is 11.0 Å². The van der Waals surface area contributed by atoms with Crippen LogP contribution in [0.25, 0.3) is 0 Å². The second-order valence-corrected chi connectivity index (χ2v) is 7.48. The molecular weight excluding hydrogens is 371 g/mol. The molecule has 2 aromatic rings. The highest BCUT2D eigenvalue weighted by Crippen LogP contribution is 2.24. The molecule has 130 valence electrons. The summed E-state index contributed by atoms with van der Waals surface area (Å²) in [6.45, 7) is -0.423. The summed E-state index contributed by atoms with van der Waals surface area (Å²) in [5.74, 6) is -2.21. The number of halogens is 2. The lowest BCUT2D eigenvalue weighted by Crippen LogP contribution is -2.38. The minimum absolute atomic E-state index is 0.0253. The lowest BCUT2D eigenvalue weighted by atomic mass is 10.1. The van der Waals surface area contributed by atoms with Crippen LogP contribution in [0.2, 0.25) is 5.02 Å². The van der Waals surface area contributed by atoms with Gasteiger partial charge in [0.15, 0.2) is 0 Å². The van der Waals surface area contributed by atoms with E-state index >= 15 is 0 Å². The van der Waals surface area contributed by atoms with Crippen molar-refractivity contribution in [3.8, 4) is 0 Å². The Balaban J connectivity index is 1.70. The van der Waals surface area contributed by atoms with Crippen molar-refractivity contribution in [1.82, 2.24) is 9.62 Å². The van der Waals surface area contributed by atoms with Gasteiger partial charge in [-0.05, 0) is 30.3 Å². The summed E-state index contributed by atoms with van der Waals surface area (Å²) in [5, 5.41) is 0.263. The topological polar surface area (TPSA) is 83.6 Å². The number of fused-ring (bicyclic) bond motifs is 1. The van der Waals surface area contributed by atoms with Gasteiger partial charge in [-0.3, -0.25) is 14.5 Å². The summed E-state index contributed by atoms with van der Waals surface area (Å²) in [6.07, 6.45) is 0.